The van der Waals surface area contributed by atoms with E-state index in [9.17, 15) is 4.79 Å². The van der Waals surface area contributed by atoms with Crippen LogP contribution < -0.4 is 10.6 Å². The molecule has 3 heterocycles. The van der Waals surface area contributed by atoms with E-state index in [2.05, 4.69) is 20.8 Å². The predicted molar refractivity (Wildman–Crippen MR) is 78.9 cm³/mol. The largest absolute Gasteiger partial charge is 0.315 e. The molecule has 2 aromatic heterocycles. The molecule has 7 nitrogen and oxygen atoms in total. The van der Waals surface area contributed by atoms with E-state index in [1.807, 2.05) is 39.5 Å². The van der Waals surface area contributed by atoms with Crippen molar-refractivity contribution in [2.24, 2.45) is 20.0 Å². The minimum Gasteiger partial charge on any atom is -0.315 e. The highest BCUT2D eigenvalue weighted by Gasteiger charge is 2.35. The zero-order chi connectivity index (χ0) is 15.0. The molecular weight excluding hydrogens is 268 g/mol. The molecule has 0 unspecified atom stereocenters. The lowest BCUT2D eigenvalue weighted by molar-refractivity contribution is -0.119. The van der Waals surface area contributed by atoms with Crippen LogP contribution in [0.5, 0.6) is 0 Å². The Morgan fingerprint density at radius 2 is 2.24 bits per heavy atom. The van der Waals surface area contributed by atoms with Gasteiger partial charge in [0.05, 0.1) is 17.8 Å². The third kappa shape index (κ3) is 2.69. The van der Waals surface area contributed by atoms with Crippen molar-refractivity contribution in [3.05, 3.63) is 29.7 Å². The molecule has 1 saturated heterocycles. The number of nitrogens with one attached hydrogen (secondary N) is 2. The van der Waals surface area contributed by atoms with Crippen molar-refractivity contribution in [3.63, 3.8) is 0 Å². The van der Waals surface area contributed by atoms with Crippen molar-refractivity contribution in [3.8, 4) is 0 Å². The monoisotopic (exact) mass is 288 g/mol. The summed E-state index contributed by atoms with van der Waals surface area (Å²) < 4.78 is 3.46. The normalized spacial score (nSPS) is 21.7. The Morgan fingerprint density at radius 1 is 1.43 bits per heavy atom. The van der Waals surface area contributed by atoms with E-state index in [0.29, 0.717) is 6.54 Å². The second-order valence-electron chi connectivity index (χ2n) is 5.60. The fourth-order valence-corrected chi connectivity index (χ4v) is 2.88. The predicted octanol–water partition coefficient (Wildman–Crippen LogP) is 0.404. The SMILES string of the molecule is Cc1cc(NC(=O)[C@H]2CNC[C@@H]2c2cnn(C)c2)n(C)n1. The molecule has 2 aromatic rings. The number of aromatic nitrogens is 4. The molecule has 112 valence electrons. The van der Waals surface area contributed by atoms with Crippen LogP contribution in [0.25, 0.3) is 0 Å². The molecule has 1 amide bonds. The summed E-state index contributed by atoms with van der Waals surface area (Å²) in [5.74, 6) is 0.823. The highest BCUT2D eigenvalue weighted by Crippen LogP contribution is 2.28. The first kappa shape index (κ1) is 13.8. The third-order valence-electron chi connectivity index (χ3n) is 3.96. The fourth-order valence-electron chi connectivity index (χ4n) is 2.88. The lowest BCUT2D eigenvalue weighted by Crippen LogP contribution is -2.28. The van der Waals surface area contributed by atoms with Crippen molar-refractivity contribution in [2.45, 2.75) is 12.8 Å². The van der Waals surface area contributed by atoms with Gasteiger partial charge in [-0.25, -0.2) is 0 Å². The van der Waals surface area contributed by atoms with Crippen molar-refractivity contribution in [1.82, 2.24) is 24.9 Å². The summed E-state index contributed by atoms with van der Waals surface area (Å²) in [7, 11) is 3.72. The number of carbonyl (C=O) groups is 1. The Balaban J connectivity index is 1.75. The van der Waals surface area contributed by atoms with E-state index in [0.717, 1.165) is 23.6 Å². The van der Waals surface area contributed by atoms with Crippen molar-refractivity contribution in [1.29, 1.82) is 0 Å². The summed E-state index contributed by atoms with van der Waals surface area (Å²) in [6.45, 7) is 3.39. The summed E-state index contributed by atoms with van der Waals surface area (Å²) in [5.41, 5.74) is 1.99. The molecule has 0 bridgehead atoms. The topological polar surface area (TPSA) is 76.8 Å². The van der Waals surface area contributed by atoms with E-state index in [4.69, 9.17) is 0 Å². The molecule has 2 N–H and O–H groups in total. The lowest BCUT2D eigenvalue weighted by atomic mass is 9.90. The Morgan fingerprint density at radius 3 is 2.86 bits per heavy atom. The number of carbonyl (C=O) groups excluding carboxylic acids is 1. The lowest BCUT2D eigenvalue weighted by Gasteiger charge is -2.16. The van der Waals surface area contributed by atoms with Gasteiger partial charge in [0.15, 0.2) is 0 Å². The maximum absolute atomic E-state index is 12.5. The highest BCUT2D eigenvalue weighted by molar-refractivity contribution is 5.93. The number of hydrogen-bond acceptors (Lipinski definition) is 4. The van der Waals surface area contributed by atoms with Gasteiger partial charge in [-0.05, 0) is 12.5 Å². The van der Waals surface area contributed by atoms with E-state index in [1.54, 1.807) is 9.36 Å². The van der Waals surface area contributed by atoms with Gasteiger partial charge in [-0.15, -0.1) is 0 Å². The molecule has 0 aliphatic carbocycles. The average molecular weight is 288 g/mol. The Hall–Kier alpha value is -2.15. The zero-order valence-electron chi connectivity index (χ0n) is 12.5. The average Bonchev–Trinajstić information content (AvgIpc) is 3.10. The first-order chi connectivity index (χ1) is 10.0. The molecular formula is C14H20N6O. The van der Waals surface area contributed by atoms with Gasteiger partial charge < -0.3 is 10.6 Å². The number of nitrogens with zero attached hydrogens (tertiary/aromatic N) is 4. The zero-order valence-corrected chi connectivity index (χ0v) is 12.5. The molecule has 2 atom stereocenters. The maximum atomic E-state index is 12.5. The second kappa shape index (κ2) is 5.33. The Labute approximate surface area is 123 Å². The quantitative estimate of drug-likeness (QED) is 0.857. The standard InChI is InChI=1S/C14H20N6O/c1-9-4-13(20(3)18-9)17-14(21)12-7-15-6-11(12)10-5-16-19(2)8-10/h4-5,8,11-12,15H,6-7H2,1-3H3,(H,17,21)/t11-,12+/m1/s1. The van der Waals surface area contributed by atoms with Crippen LogP contribution in [0.15, 0.2) is 18.5 Å². The van der Waals surface area contributed by atoms with Crippen LogP contribution in [0.1, 0.15) is 17.2 Å². The number of hydrogen-bond donors (Lipinski definition) is 2. The van der Waals surface area contributed by atoms with Crippen LogP contribution in [-0.2, 0) is 18.9 Å². The van der Waals surface area contributed by atoms with Gasteiger partial charge in [0.1, 0.15) is 5.82 Å². The van der Waals surface area contributed by atoms with Crippen LogP contribution in [0.2, 0.25) is 0 Å². The van der Waals surface area contributed by atoms with Crippen molar-refractivity contribution in [2.75, 3.05) is 18.4 Å². The highest BCUT2D eigenvalue weighted by atomic mass is 16.2. The summed E-state index contributed by atoms with van der Waals surface area (Å²) >= 11 is 0. The number of rotatable bonds is 3. The van der Waals surface area contributed by atoms with E-state index in [-0.39, 0.29) is 17.7 Å². The summed E-state index contributed by atoms with van der Waals surface area (Å²) in [6, 6.07) is 1.87. The smallest absolute Gasteiger partial charge is 0.230 e. The second-order valence-corrected chi connectivity index (χ2v) is 5.60. The molecule has 1 aliphatic rings. The maximum Gasteiger partial charge on any atom is 0.230 e. The van der Waals surface area contributed by atoms with Crippen molar-refractivity contribution < 1.29 is 4.79 Å². The Bertz CT molecular complexity index is 658. The molecule has 0 aromatic carbocycles. The molecule has 7 heteroatoms. The number of aryl methyl sites for hydroxylation is 3. The van der Waals surface area contributed by atoms with E-state index >= 15 is 0 Å². The molecule has 21 heavy (non-hydrogen) atoms. The molecule has 1 fully saturated rings. The van der Waals surface area contributed by atoms with Gasteiger partial charge in [0, 0.05) is 45.4 Å². The van der Waals surface area contributed by atoms with Gasteiger partial charge in [-0.1, -0.05) is 0 Å². The summed E-state index contributed by atoms with van der Waals surface area (Å²) in [6.07, 6.45) is 3.82. The first-order valence-electron chi connectivity index (χ1n) is 7.05. The van der Waals surface area contributed by atoms with Crippen LogP contribution >= 0.6 is 0 Å². The minimum absolute atomic E-state index is 0.0249. The molecule has 1 aliphatic heterocycles. The van der Waals surface area contributed by atoms with Gasteiger partial charge in [-0.2, -0.15) is 10.2 Å². The van der Waals surface area contributed by atoms with E-state index in [1.165, 1.54) is 0 Å². The Kier molecular flexibility index (Phi) is 3.50. The van der Waals surface area contributed by atoms with Crippen LogP contribution in [0, 0.1) is 12.8 Å². The molecule has 0 spiro atoms. The third-order valence-corrected chi connectivity index (χ3v) is 3.96. The number of anilines is 1. The van der Waals surface area contributed by atoms with Gasteiger partial charge >= 0.3 is 0 Å². The first-order valence-corrected chi connectivity index (χ1v) is 7.05. The minimum atomic E-state index is -0.0931. The van der Waals surface area contributed by atoms with Crippen LogP contribution in [-0.4, -0.2) is 38.6 Å². The van der Waals surface area contributed by atoms with Crippen LogP contribution in [0.4, 0.5) is 5.82 Å². The number of amides is 1. The molecule has 0 saturated carbocycles. The fraction of sp³-hybridized carbons (Fsp3) is 0.500. The van der Waals surface area contributed by atoms with Crippen molar-refractivity contribution >= 4 is 11.7 Å². The van der Waals surface area contributed by atoms with Gasteiger partial charge in [0.2, 0.25) is 5.91 Å². The van der Waals surface area contributed by atoms with Gasteiger partial charge in [-0.3, -0.25) is 14.2 Å². The van der Waals surface area contributed by atoms with Crippen LogP contribution in [0.3, 0.4) is 0 Å². The molecule has 3 rings (SSSR count). The summed E-state index contributed by atoms with van der Waals surface area (Å²) in [4.78, 5) is 12.5. The summed E-state index contributed by atoms with van der Waals surface area (Å²) in [5, 5.41) is 14.7. The molecule has 0 radical (unpaired) electrons. The van der Waals surface area contributed by atoms with Gasteiger partial charge in [0.25, 0.3) is 0 Å². The van der Waals surface area contributed by atoms with E-state index < -0.39 is 0 Å².